The van der Waals surface area contributed by atoms with Crippen molar-refractivity contribution in [2.45, 2.75) is 31.8 Å². The van der Waals surface area contributed by atoms with E-state index in [4.69, 9.17) is 4.74 Å². The number of carbonyl (C=O) groups is 1. The lowest BCUT2D eigenvalue weighted by Crippen LogP contribution is -2.38. The predicted molar refractivity (Wildman–Crippen MR) is 152 cm³/mol. The Morgan fingerprint density at radius 3 is 2.16 bits per heavy atom. The van der Waals surface area contributed by atoms with Gasteiger partial charge in [0.15, 0.2) is 0 Å². The highest BCUT2D eigenvalue weighted by Crippen LogP contribution is 2.23. The molecule has 7 heteroatoms. The number of amides is 1. The summed E-state index contributed by atoms with van der Waals surface area (Å²) in [5, 5.41) is 6.34. The zero-order chi connectivity index (χ0) is 26.0. The van der Waals surface area contributed by atoms with E-state index in [1.54, 1.807) is 6.20 Å². The molecular weight excluding hydrogens is 474 g/mol. The number of benzene rings is 2. The Kier molecular flexibility index (Phi) is 8.46. The number of pyridine rings is 2. The van der Waals surface area contributed by atoms with E-state index in [9.17, 15) is 4.79 Å². The number of hydrogen-bond donors (Lipinski definition) is 2. The van der Waals surface area contributed by atoms with Gasteiger partial charge < -0.3 is 20.3 Å². The molecule has 1 fully saturated rings. The summed E-state index contributed by atoms with van der Waals surface area (Å²) in [5.74, 6) is 1.52. The third kappa shape index (κ3) is 7.32. The van der Waals surface area contributed by atoms with Crippen LogP contribution >= 0.6 is 0 Å². The summed E-state index contributed by atoms with van der Waals surface area (Å²) in [6.45, 7) is 2.58. The Balaban J connectivity index is 1.03. The second-order valence-corrected chi connectivity index (χ2v) is 9.47. The van der Waals surface area contributed by atoms with Crippen LogP contribution in [0.15, 0.2) is 97.3 Å². The lowest BCUT2D eigenvalue weighted by Gasteiger charge is -2.32. The molecule has 0 bridgehead atoms. The zero-order valence-electron chi connectivity index (χ0n) is 21.4. The maximum Gasteiger partial charge on any atom is 0.228 e. The molecule has 1 aliphatic rings. The molecule has 7 nitrogen and oxygen atoms in total. The first-order valence-corrected chi connectivity index (χ1v) is 13.2. The van der Waals surface area contributed by atoms with Gasteiger partial charge in [-0.3, -0.25) is 4.79 Å². The number of piperidine rings is 1. The molecule has 5 rings (SSSR count). The standard InChI is InChI=1S/C31H33N5O2/c37-30(21-25-9-5-2-6-10-25)35-27-11-13-29(33-23-27)36-19-16-28(17-20-36)38-31-14-12-26(22-34-31)32-18-15-24-7-3-1-4-8-24/h1-14,22-23,28,32H,15-21H2,(H,35,37). The van der Waals surface area contributed by atoms with Crippen LogP contribution in [0.4, 0.5) is 17.2 Å². The summed E-state index contributed by atoms with van der Waals surface area (Å²) in [5.41, 5.74) is 4.00. The zero-order valence-corrected chi connectivity index (χ0v) is 21.4. The van der Waals surface area contributed by atoms with Gasteiger partial charge in [0, 0.05) is 38.5 Å². The second-order valence-electron chi connectivity index (χ2n) is 9.47. The van der Waals surface area contributed by atoms with Crippen molar-refractivity contribution in [1.29, 1.82) is 0 Å². The molecule has 2 N–H and O–H groups in total. The minimum atomic E-state index is -0.0479. The normalized spacial score (nSPS) is 13.6. The molecule has 1 saturated heterocycles. The highest BCUT2D eigenvalue weighted by Gasteiger charge is 2.22. The molecule has 3 heterocycles. The summed E-state index contributed by atoms with van der Waals surface area (Å²) < 4.78 is 6.15. The number of aromatic nitrogens is 2. The van der Waals surface area contributed by atoms with Gasteiger partial charge >= 0.3 is 0 Å². The fourth-order valence-corrected chi connectivity index (χ4v) is 4.56. The Morgan fingerprint density at radius 1 is 0.816 bits per heavy atom. The van der Waals surface area contributed by atoms with Crippen molar-refractivity contribution in [2.24, 2.45) is 0 Å². The number of nitrogens with zero attached hydrogens (tertiary/aromatic N) is 3. The Labute approximate surface area is 223 Å². The largest absolute Gasteiger partial charge is 0.474 e. The molecule has 38 heavy (non-hydrogen) atoms. The lowest BCUT2D eigenvalue weighted by molar-refractivity contribution is -0.115. The molecule has 4 aromatic rings. The monoisotopic (exact) mass is 507 g/mol. The van der Waals surface area contributed by atoms with Crippen LogP contribution in [0.25, 0.3) is 0 Å². The molecule has 194 valence electrons. The van der Waals surface area contributed by atoms with Crippen LogP contribution in [-0.4, -0.2) is 41.6 Å². The Morgan fingerprint density at radius 2 is 1.50 bits per heavy atom. The van der Waals surface area contributed by atoms with Crippen LogP contribution in [-0.2, 0) is 17.6 Å². The summed E-state index contributed by atoms with van der Waals surface area (Å²) >= 11 is 0. The van der Waals surface area contributed by atoms with Gasteiger partial charge in [-0.15, -0.1) is 0 Å². The maximum atomic E-state index is 12.3. The van der Waals surface area contributed by atoms with E-state index >= 15 is 0 Å². The average molecular weight is 508 g/mol. The van der Waals surface area contributed by atoms with E-state index in [1.807, 2.05) is 66.9 Å². The first-order chi connectivity index (χ1) is 18.7. The third-order valence-corrected chi connectivity index (χ3v) is 6.61. The van der Waals surface area contributed by atoms with Crippen molar-refractivity contribution in [2.75, 3.05) is 35.2 Å². The molecule has 2 aromatic carbocycles. The van der Waals surface area contributed by atoms with E-state index < -0.39 is 0 Å². The van der Waals surface area contributed by atoms with Crippen LogP contribution in [0.5, 0.6) is 5.88 Å². The molecule has 0 saturated carbocycles. The molecule has 1 amide bonds. The van der Waals surface area contributed by atoms with Gasteiger partial charge in [-0.05, 0) is 35.7 Å². The first kappa shape index (κ1) is 25.3. The smallest absolute Gasteiger partial charge is 0.228 e. The Bertz CT molecular complexity index is 1270. The topological polar surface area (TPSA) is 79.4 Å². The Hall–Kier alpha value is -4.39. The van der Waals surface area contributed by atoms with Gasteiger partial charge in [-0.1, -0.05) is 60.7 Å². The van der Waals surface area contributed by atoms with E-state index in [0.29, 0.717) is 18.0 Å². The van der Waals surface area contributed by atoms with E-state index in [-0.39, 0.29) is 12.0 Å². The minimum Gasteiger partial charge on any atom is -0.474 e. The SMILES string of the molecule is O=C(Cc1ccccc1)Nc1ccc(N2CCC(Oc3ccc(NCCc4ccccc4)cn3)CC2)nc1. The van der Waals surface area contributed by atoms with E-state index in [2.05, 4.69) is 49.8 Å². The predicted octanol–water partition coefficient (Wildman–Crippen LogP) is 5.36. The number of anilines is 3. The van der Waals surface area contributed by atoms with Crippen molar-refractivity contribution < 1.29 is 9.53 Å². The summed E-state index contributed by atoms with van der Waals surface area (Å²) in [6.07, 6.45) is 6.80. The number of rotatable bonds is 10. The summed E-state index contributed by atoms with van der Waals surface area (Å²) in [7, 11) is 0. The maximum absolute atomic E-state index is 12.3. The lowest BCUT2D eigenvalue weighted by atomic mass is 10.1. The van der Waals surface area contributed by atoms with Crippen molar-refractivity contribution >= 4 is 23.1 Å². The van der Waals surface area contributed by atoms with E-state index in [0.717, 1.165) is 56.0 Å². The number of hydrogen-bond acceptors (Lipinski definition) is 6. The van der Waals surface area contributed by atoms with Crippen LogP contribution in [0, 0.1) is 0 Å². The second kappa shape index (κ2) is 12.7. The fourth-order valence-electron chi connectivity index (χ4n) is 4.56. The van der Waals surface area contributed by atoms with Gasteiger partial charge in [-0.2, -0.15) is 0 Å². The molecule has 0 aliphatic carbocycles. The molecule has 2 aromatic heterocycles. The highest BCUT2D eigenvalue weighted by atomic mass is 16.5. The molecular formula is C31H33N5O2. The van der Waals surface area contributed by atoms with Gasteiger partial charge in [0.25, 0.3) is 0 Å². The van der Waals surface area contributed by atoms with Gasteiger partial charge in [-0.25, -0.2) is 9.97 Å². The quantitative estimate of drug-likeness (QED) is 0.301. The number of nitrogens with one attached hydrogen (secondary N) is 2. The summed E-state index contributed by atoms with van der Waals surface area (Å²) in [4.78, 5) is 23.6. The van der Waals surface area contributed by atoms with Crippen molar-refractivity contribution in [3.63, 3.8) is 0 Å². The number of ether oxygens (including phenoxy) is 1. The highest BCUT2D eigenvalue weighted by molar-refractivity contribution is 5.92. The van der Waals surface area contributed by atoms with Crippen LogP contribution in [0.2, 0.25) is 0 Å². The molecule has 0 atom stereocenters. The van der Waals surface area contributed by atoms with Crippen LogP contribution < -0.4 is 20.3 Å². The van der Waals surface area contributed by atoms with Gasteiger partial charge in [0.2, 0.25) is 11.8 Å². The number of carbonyl (C=O) groups excluding carboxylic acids is 1. The fraction of sp³-hybridized carbons (Fsp3) is 0.258. The van der Waals surface area contributed by atoms with Crippen molar-refractivity contribution in [1.82, 2.24) is 9.97 Å². The molecule has 0 unspecified atom stereocenters. The molecule has 0 radical (unpaired) electrons. The van der Waals surface area contributed by atoms with Crippen LogP contribution in [0.3, 0.4) is 0 Å². The van der Waals surface area contributed by atoms with Crippen LogP contribution in [0.1, 0.15) is 24.0 Å². The van der Waals surface area contributed by atoms with Crippen molar-refractivity contribution in [3.8, 4) is 5.88 Å². The summed E-state index contributed by atoms with van der Waals surface area (Å²) in [6, 6.07) is 28.0. The minimum absolute atomic E-state index is 0.0479. The average Bonchev–Trinajstić information content (AvgIpc) is 2.96. The van der Waals surface area contributed by atoms with Crippen molar-refractivity contribution in [3.05, 3.63) is 108 Å². The van der Waals surface area contributed by atoms with E-state index in [1.165, 1.54) is 5.56 Å². The first-order valence-electron chi connectivity index (χ1n) is 13.2. The third-order valence-electron chi connectivity index (χ3n) is 6.61. The van der Waals surface area contributed by atoms with Gasteiger partial charge in [0.05, 0.1) is 30.2 Å². The molecule has 1 aliphatic heterocycles. The van der Waals surface area contributed by atoms with Gasteiger partial charge in [0.1, 0.15) is 11.9 Å². The molecule has 0 spiro atoms.